The fraction of sp³-hybridized carbons (Fsp3) is 0.500. The quantitative estimate of drug-likeness (QED) is 0.841. The number of rotatable bonds is 4. The first kappa shape index (κ1) is 16.7. The van der Waals surface area contributed by atoms with E-state index in [1.54, 1.807) is 11.3 Å². The fourth-order valence-electron chi connectivity index (χ4n) is 4.19. The first-order valence-electron chi connectivity index (χ1n) is 9.13. The number of hydrogen-bond donors (Lipinski definition) is 0. The number of thiophene rings is 1. The van der Waals surface area contributed by atoms with Crippen molar-refractivity contribution in [2.45, 2.75) is 38.8 Å². The molecule has 2 aliphatic rings. The van der Waals surface area contributed by atoms with Crippen molar-refractivity contribution in [1.29, 1.82) is 0 Å². The van der Waals surface area contributed by atoms with E-state index in [-0.39, 0.29) is 0 Å². The molecule has 2 aromatic heterocycles. The summed E-state index contributed by atoms with van der Waals surface area (Å²) in [5.41, 5.74) is 2.93. The summed E-state index contributed by atoms with van der Waals surface area (Å²) in [4.78, 5) is 21.1. The summed E-state index contributed by atoms with van der Waals surface area (Å²) in [5.74, 6) is 0.308. The number of carbonyl (C=O) groups excluding carboxylic acids is 1. The number of likely N-dealkylation sites (tertiary alicyclic amines) is 2. The summed E-state index contributed by atoms with van der Waals surface area (Å²) in [6.45, 7) is 5.00. The van der Waals surface area contributed by atoms with Gasteiger partial charge in [-0.05, 0) is 77.9 Å². The van der Waals surface area contributed by atoms with Crippen molar-refractivity contribution in [3.63, 3.8) is 0 Å². The number of nitrogens with zero attached hydrogens (tertiary/aromatic N) is 3. The van der Waals surface area contributed by atoms with Crippen molar-refractivity contribution in [2.24, 2.45) is 5.41 Å². The summed E-state index contributed by atoms with van der Waals surface area (Å²) >= 11 is 1.78. The van der Waals surface area contributed by atoms with Gasteiger partial charge in [-0.25, -0.2) is 0 Å². The molecule has 0 radical (unpaired) electrons. The van der Waals surface area contributed by atoms with Crippen LogP contribution in [-0.4, -0.2) is 40.3 Å². The second-order valence-corrected chi connectivity index (χ2v) is 8.29. The van der Waals surface area contributed by atoms with E-state index in [0.29, 0.717) is 17.7 Å². The molecule has 4 heterocycles. The van der Waals surface area contributed by atoms with Crippen LogP contribution in [-0.2, 0) is 17.9 Å². The lowest BCUT2D eigenvalue weighted by molar-refractivity contribution is -0.140. The van der Waals surface area contributed by atoms with Crippen molar-refractivity contribution in [1.82, 2.24) is 14.8 Å². The summed E-state index contributed by atoms with van der Waals surface area (Å²) in [7, 11) is 0. The van der Waals surface area contributed by atoms with Crippen molar-refractivity contribution in [2.75, 3.05) is 19.6 Å². The van der Waals surface area contributed by atoms with E-state index in [1.807, 2.05) is 24.5 Å². The Kier molecular flexibility index (Phi) is 4.86. The number of piperidine rings is 2. The largest absolute Gasteiger partial charge is 0.338 e. The van der Waals surface area contributed by atoms with Gasteiger partial charge in [0.05, 0.1) is 0 Å². The lowest BCUT2D eigenvalue weighted by atomic mass is 9.72. The Morgan fingerprint density at radius 1 is 1.04 bits per heavy atom. The molecule has 0 unspecified atom stereocenters. The smallest absolute Gasteiger partial charge is 0.222 e. The van der Waals surface area contributed by atoms with Crippen LogP contribution in [0, 0.1) is 5.41 Å². The zero-order chi connectivity index (χ0) is 17.1. The SMILES string of the molecule is O=C1CCC2(CCN(Cc3ccsc3)CC2)CN1Cc1ccncc1. The monoisotopic (exact) mass is 355 g/mol. The number of pyridine rings is 1. The minimum atomic E-state index is 0.308. The highest BCUT2D eigenvalue weighted by molar-refractivity contribution is 7.07. The first-order chi connectivity index (χ1) is 12.2. The van der Waals surface area contributed by atoms with E-state index in [1.165, 1.54) is 24.0 Å². The molecule has 25 heavy (non-hydrogen) atoms. The summed E-state index contributed by atoms with van der Waals surface area (Å²) in [6.07, 6.45) is 7.79. The van der Waals surface area contributed by atoms with Crippen molar-refractivity contribution >= 4 is 17.2 Å². The van der Waals surface area contributed by atoms with Crippen LogP contribution in [0.3, 0.4) is 0 Å². The predicted octanol–water partition coefficient (Wildman–Crippen LogP) is 3.55. The standard InChI is InChI=1S/C20H25N3OS/c24-19-1-5-20(16-23(19)14-17-2-8-21-9-3-17)6-10-22(11-7-20)13-18-4-12-25-15-18/h2-4,8-9,12,15H,1,5-7,10-11,13-14,16H2. The van der Waals surface area contributed by atoms with Gasteiger partial charge >= 0.3 is 0 Å². The number of aromatic nitrogens is 1. The molecule has 0 aliphatic carbocycles. The maximum absolute atomic E-state index is 12.4. The minimum Gasteiger partial charge on any atom is -0.338 e. The molecule has 4 rings (SSSR count). The first-order valence-corrected chi connectivity index (χ1v) is 10.1. The topological polar surface area (TPSA) is 36.4 Å². The molecule has 1 amide bonds. The molecule has 5 heteroatoms. The average molecular weight is 356 g/mol. The minimum absolute atomic E-state index is 0.308. The Bertz CT molecular complexity index is 693. The van der Waals surface area contributed by atoms with E-state index < -0.39 is 0 Å². The maximum atomic E-state index is 12.4. The van der Waals surface area contributed by atoms with Gasteiger partial charge in [0, 0.05) is 38.4 Å². The molecule has 2 aliphatic heterocycles. The second-order valence-electron chi connectivity index (χ2n) is 7.51. The van der Waals surface area contributed by atoms with Crippen LogP contribution in [0.5, 0.6) is 0 Å². The summed E-state index contributed by atoms with van der Waals surface area (Å²) in [6, 6.07) is 6.25. The van der Waals surface area contributed by atoms with Gasteiger partial charge in [0.1, 0.15) is 0 Å². The van der Waals surface area contributed by atoms with Crippen LogP contribution < -0.4 is 0 Å². The Morgan fingerprint density at radius 2 is 1.84 bits per heavy atom. The third kappa shape index (κ3) is 3.93. The van der Waals surface area contributed by atoms with Crippen LogP contribution in [0.4, 0.5) is 0 Å². The highest BCUT2D eigenvalue weighted by Crippen LogP contribution is 2.40. The van der Waals surface area contributed by atoms with Gasteiger partial charge < -0.3 is 4.90 Å². The van der Waals surface area contributed by atoms with Gasteiger partial charge in [0.15, 0.2) is 0 Å². The summed E-state index contributed by atoms with van der Waals surface area (Å²) < 4.78 is 0. The lowest BCUT2D eigenvalue weighted by Crippen LogP contribution is -2.51. The predicted molar refractivity (Wildman–Crippen MR) is 100 cm³/mol. The second kappa shape index (κ2) is 7.26. The van der Waals surface area contributed by atoms with Crippen LogP contribution >= 0.6 is 11.3 Å². The van der Waals surface area contributed by atoms with Gasteiger partial charge in [-0.3, -0.25) is 14.7 Å². The van der Waals surface area contributed by atoms with Gasteiger partial charge in [-0.1, -0.05) is 0 Å². The third-order valence-electron chi connectivity index (χ3n) is 5.77. The van der Waals surface area contributed by atoms with E-state index in [4.69, 9.17) is 0 Å². The highest BCUT2D eigenvalue weighted by atomic mass is 32.1. The molecule has 132 valence electrons. The molecule has 1 spiro atoms. The van der Waals surface area contributed by atoms with E-state index in [0.717, 1.165) is 39.1 Å². The lowest BCUT2D eigenvalue weighted by Gasteiger charge is -2.47. The molecular formula is C20H25N3OS. The van der Waals surface area contributed by atoms with Gasteiger partial charge in [0.25, 0.3) is 0 Å². The third-order valence-corrected chi connectivity index (χ3v) is 6.51. The van der Waals surface area contributed by atoms with Crippen LogP contribution in [0.1, 0.15) is 36.8 Å². The summed E-state index contributed by atoms with van der Waals surface area (Å²) in [5, 5.41) is 4.41. The molecule has 0 saturated carbocycles. The molecule has 0 N–H and O–H groups in total. The number of amides is 1. The van der Waals surface area contributed by atoms with E-state index in [9.17, 15) is 4.79 Å². The van der Waals surface area contributed by atoms with Crippen molar-refractivity contribution in [3.05, 3.63) is 52.5 Å². The van der Waals surface area contributed by atoms with Crippen LogP contribution in [0.25, 0.3) is 0 Å². The van der Waals surface area contributed by atoms with Crippen LogP contribution in [0.15, 0.2) is 41.4 Å². The molecule has 2 fully saturated rings. The zero-order valence-electron chi connectivity index (χ0n) is 14.6. The molecular weight excluding hydrogens is 330 g/mol. The average Bonchev–Trinajstić information content (AvgIpc) is 3.15. The molecule has 0 bridgehead atoms. The van der Waals surface area contributed by atoms with Gasteiger partial charge in [-0.15, -0.1) is 0 Å². The molecule has 4 nitrogen and oxygen atoms in total. The van der Waals surface area contributed by atoms with Crippen LogP contribution in [0.2, 0.25) is 0 Å². The van der Waals surface area contributed by atoms with E-state index in [2.05, 4.69) is 31.6 Å². The van der Waals surface area contributed by atoms with Gasteiger partial charge in [-0.2, -0.15) is 11.3 Å². The molecule has 2 saturated heterocycles. The number of hydrogen-bond acceptors (Lipinski definition) is 4. The fourth-order valence-corrected chi connectivity index (χ4v) is 4.85. The highest BCUT2D eigenvalue weighted by Gasteiger charge is 2.40. The van der Waals surface area contributed by atoms with Gasteiger partial charge in [0.2, 0.25) is 5.91 Å². The zero-order valence-corrected chi connectivity index (χ0v) is 15.4. The van der Waals surface area contributed by atoms with E-state index >= 15 is 0 Å². The number of carbonyl (C=O) groups is 1. The Morgan fingerprint density at radius 3 is 2.56 bits per heavy atom. The molecule has 2 aromatic rings. The Hall–Kier alpha value is -1.72. The molecule has 0 atom stereocenters. The Labute approximate surface area is 153 Å². The normalized spacial score (nSPS) is 21.0. The molecule has 0 aromatic carbocycles. The van der Waals surface area contributed by atoms with Crippen molar-refractivity contribution < 1.29 is 4.79 Å². The van der Waals surface area contributed by atoms with Crippen molar-refractivity contribution in [3.8, 4) is 0 Å². The Balaban J connectivity index is 1.37. The maximum Gasteiger partial charge on any atom is 0.222 e.